The maximum atomic E-state index is 4.02. The van der Waals surface area contributed by atoms with Gasteiger partial charge in [0.15, 0.2) is 0 Å². The molecule has 1 aromatic heterocycles. The number of aromatic nitrogens is 1. The number of rotatable bonds is 3. The molecular weight excluding hydrogens is 376 g/mol. The van der Waals surface area contributed by atoms with Crippen LogP contribution in [-0.4, -0.2) is 4.57 Å². The Balaban J connectivity index is 1.52. The molecule has 0 bridgehead atoms. The summed E-state index contributed by atoms with van der Waals surface area (Å²) in [6, 6.07) is 23.2. The van der Waals surface area contributed by atoms with Crippen molar-refractivity contribution in [2.24, 2.45) is 5.92 Å². The van der Waals surface area contributed by atoms with Gasteiger partial charge in [-0.1, -0.05) is 68.5 Å². The van der Waals surface area contributed by atoms with Gasteiger partial charge in [-0.25, -0.2) is 0 Å². The first-order valence-electron chi connectivity index (χ1n) is 11.7. The molecule has 0 radical (unpaired) electrons. The topological polar surface area (TPSA) is 17.0 Å². The number of nitrogens with one attached hydrogen (secondary N) is 1. The highest BCUT2D eigenvalue weighted by Crippen LogP contribution is 2.51. The van der Waals surface area contributed by atoms with Crippen LogP contribution in [0.5, 0.6) is 0 Å². The molecule has 2 heterocycles. The minimum Gasteiger partial charge on any atom is -0.377 e. The summed E-state index contributed by atoms with van der Waals surface area (Å²) >= 11 is 0. The van der Waals surface area contributed by atoms with Gasteiger partial charge in [-0.3, -0.25) is 0 Å². The third-order valence-electron chi connectivity index (χ3n) is 7.52. The molecule has 4 aromatic rings. The fraction of sp³-hybridized carbons (Fsp3) is 0.310. The molecule has 3 atom stereocenters. The van der Waals surface area contributed by atoms with Crippen molar-refractivity contribution in [3.05, 3.63) is 89.5 Å². The van der Waals surface area contributed by atoms with Crippen LogP contribution in [0.25, 0.3) is 21.8 Å². The highest BCUT2D eigenvalue weighted by molar-refractivity contribution is 6.08. The van der Waals surface area contributed by atoms with Gasteiger partial charge in [0.25, 0.3) is 0 Å². The molecule has 3 unspecified atom stereocenters. The molecular formula is C29H30N2. The van der Waals surface area contributed by atoms with Gasteiger partial charge in [0.1, 0.15) is 0 Å². The van der Waals surface area contributed by atoms with Crippen molar-refractivity contribution in [3.63, 3.8) is 0 Å². The van der Waals surface area contributed by atoms with Crippen LogP contribution in [-0.2, 0) is 6.54 Å². The molecule has 2 heteroatoms. The zero-order valence-electron chi connectivity index (χ0n) is 18.6. The van der Waals surface area contributed by atoms with Crippen molar-refractivity contribution < 1.29 is 0 Å². The third-order valence-corrected chi connectivity index (χ3v) is 7.52. The number of para-hydroxylation sites is 2. The highest BCUT2D eigenvalue weighted by atomic mass is 15.0. The van der Waals surface area contributed by atoms with Crippen molar-refractivity contribution in [3.8, 4) is 0 Å². The van der Waals surface area contributed by atoms with Gasteiger partial charge in [-0.2, -0.15) is 0 Å². The van der Waals surface area contributed by atoms with Gasteiger partial charge in [0, 0.05) is 40.0 Å². The summed E-state index contributed by atoms with van der Waals surface area (Å²) in [5.41, 5.74) is 8.37. The zero-order valence-corrected chi connectivity index (χ0v) is 18.6. The second-order valence-corrected chi connectivity index (χ2v) is 9.48. The molecule has 3 aromatic carbocycles. The van der Waals surface area contributed by atoms with Crippen LogP contribution in [0.4, 0.5) is 5.69 Å². The van der Waals surface area contributed by atoms with E-state index < -0.39 is 0 Å². The molecule has 156 valence electrons. The van der Waals surface area contributed by atoms with Gasteiger partial charge in [0.05, 0.1) is 6.04 Å². The van der Waals surface area contributed by atoms with Crippen molar-refractivity contribution in [2.75, 3.05) is 5.32 Å². The average Bonchev–Trinajstić information content (AvgIpc) is 3.41. The number of anilines is 1. The van der Waals surface area contributed by atoms with E-state index in [4.69, 9.17) is 0 Å². The van der Waals surface area contributed by atoms with E-state index in [2.05, 4.69) is 103 Å². The number of fused-ring (bicyclic) bond motifs is 6. The monoisotopic (exact) mass is 406 g/mol. The Morgan fingerprint density at radius 3 is 2.65 bits per heavy atom. The Morgan fingerprint density at radius 2 is 1.81 bits per heavy atom. The predicted octanol–water partition coefficient (Wildman–Crippen LogP) is 7.76. The van der Waals surface area contributed by atoms with Crippen molar-refractivity contribution in [2.45, 2.75) is 51.6 Å². The highest BCUT2D eigenvalue weighted by Gasteiger charge is 2.38. The van der Waals surface area contributed by atoms with E-state index in [0.29, 0.717) is 23.8 Å². The van der Waals surface area contributed by atoms with Crippen molar-refractivity contribution in [1.29, 1.82) is 0 Å². The maximum Gasteiger partial charge on any atom is 0.0554 e. The zero-order chi connectivity index (χ0) is 21.1. The molecule has 0 spiro atoms. The van der Waals surface area contributed by atoms with E-state index in [9.17, 15) is 0 Å². The van der Waals surface area contributed by atoms with E-state index in [1.165, 1.54) is 44.2 Å². The normalized spacial score (nSPS) is 22.1. The molecule has 2 aliphatic rings. The molecule has 31 heavy (non-hydrogen) atoms. The lowest BCUT2D eigenvalue weighted by Gasteiger charge is -2.39. The van der Waals surface area contributed by atoms with E-state index in [1.807, 2.05) is 0 Å². The minimum absolute atomic E-state index is 0.334. The Hall–Kier alpha value is -3.00. The number of aryl methyl sites for hydroxylation is 1. The molecule has 1 N–H and O–H groups in total. The lowest BCUT2D eigenvalue weighted by molar-refractivity contribution is 0.425. The largest absolute Gasteiger partial charge is 0.377 e. The number of hydrogen-bond donors (Lipinski definition) is 1. The molecule has 0 fully saturated rings. The third kappa shape index (κ3) is 2.70. The molecule has 0 saturated carbocycles. The summed E-state index contributed by atoms with van der Waals surface area (Å²) in [6.07, 6.45) is 5.98. The Bertz CT molecular complexity index is 1320. The van der Waals surface area contributed by atoms with Gasteiger partial charge in [0.2, 0.25) is 0 Å². The maximum absolute atomic E-state index is 4.02. The van der Waals surface area contributed by atoms with Gasteiger partial charge in [-0.05, 0) is 60.1 Å². The lowest BCUT2D eigenvalue weighted by atomic mass is 9.75. The van der Waals surface area contributed by atoms with Gasteiger partial charge >= 0.3 is 0 Å². The van der Waals surface area contributed by atoms with Crippen molar-refractivity contribution in [1.82, 2.24) is 4.57 Å². The van der Waals surface area contributed by atoms with Crippen molar-refractivity contribution >= 4 is 27.5 Å². The van der Waals surface area contributed by atoms with E-state index >= 15 is 0 Å². The summed E-state index contributed by atoms with van der Waals surface area (Å²) in [7, 11) is 0. The van der Waals surface area contributed by atoms with Crippen LogP contribution in [0.2, 0.25) is 0 Å². The summed E-state index contributed by atoms with van der Waals surface area (Å²) < 4.78 is 2.44. The van der Waals surface area contributed by atoms with Crippen LogP contribution in [0.15, 0.2) is 72.8 Å². The quantitative estimate of drug-likeness (QED) is 0.344. The van der Waals surface area contributed by atoms with Gasteiger partial charge < -0.3 is 9.88 Å². The second kappa shape index (κ2) is 7.02. The molecule has 0 amide bonds. The lowest BCUT2D eigenvalue weighted by Crippen LogP contribution is -2.29. The first-order chi connectivity index (χ1) is 15.2. The standard InChI is InChI=1S/C29H30N2/c1-4-31-26-14-6-5-9-22(26)25-17-19(15-16-27(25)31)28-23-12-8-11-21(23)24-13-7-10-20(18(2)3)29(24)30-28/h5-11,13-18,21,23,28,30H,4,12H2,1-3H3. The minimum atomic E-state index is 0.334. The summed E-state index contributed by atoms with van der Waals surface area (Å²) in [5.74, 6) is 1.59. The number of allylic oxidation sites excluding steroid dienone is 2. The van der Waals surface area contributed by atoms with E-state index in [-0.39, 0.29) is 0 Å². The molecule has 1 aliphatic heterocycles. The summed E-state index contributed by atoms with van der Waals surface area (Å²) in [5, 5.41) is 6.76. The fourth-order valence-corrected chi connectivity index (χ4v) is 6.06. The molecule has 0 saturated heterocycles. The molecule has 2 nitrogen and oxygen atoms in total. The number of nitrogens with zero attached hydrogens (tertiary/aromatic N) is 1. The smallest absolute Gasteiger partial charge is 0.0554 e. The second-order valence-electron chi connectivity index (χ2n) is 9.48. The van der Waals surface area contributed by atoms with Crippen LogP contribution in [0.1, 0.15) is 61.8 Å². The Labute approximate surface area is 184 Å². The van der Waals surface area contributed by atoms with Crippen LogP contribution >= 0.6 is 0 Å². The van der Waals surface area contributed by atoms with Gasteiger partial charge in [-0.15, -0.1) is 0 Å². The van der Waals surface area contributed by atoms with Crippen LogP contribution < -0.4 is 5.32 Å². The number of benzene rings is 3. The van der Waals surface area contributed by atoms with E-state index in [1.54, 1.807) is 0 Å². The fourth-order valence-electron chi connectivity index (χ4n) is 6.06. The summed E-state index contributed by atoms with van der Waals surface area (Å²) in [4.78, 5) is 0. The average molecular weight is 407 g/mol. The van der Waals surface area contributed by atoms with Crippen LogP contribution in [0, 0.1) is 5.92 Å². The predicted molar refractivity (Wildman–Crippen MR) is 132 cm³/mol. The first-order valence-corrected chi connectivity index (χ1v) is 11.7. The Kier molecular flexibility index (Phi) is 4.24. The number of hydrogen-bond acceptors (Lipinski definition) is 1. The van der Waals surface area contributed by atoms with E-state index in [0.717, 1.165) is 13.0 Å². The van der Waals surface area contributed by atoms with Crippen LogP contribution in [0.3, 0.4) is 0 Å². The molecule has 1 aliphatic carbocycles. The first kappa shape index (κ1) is 18.7. The molecule has 6 rings (SSSR count). The summed E-state index contributed by atoms with van der Waals surface area (Å²) in [6.45, 7) is 7.83. The Morgan fingerprint density at radius 1 is 0.968 bits per heavy atom. The SMILES string of the molecule is CCn1c2ccccc2c2cc(C3Nc4c(C(C)C)cccc4C4C=CCC43)ccc21.